The van der Waals surface area contributed by atoms with E-state index in [0.29, 0.717) is 49.6 Å². The average molecular weight is 350 g/mol. The molecule has 134 valence electrons. The first-order valence-corrected chi connectivity index (χ1v) is 7.86. The Morgan fingerprint density at radius 2 is 1.80 bits per heavy atom. The fraction of sp³-hybridized carbons (Fsp3) is 0.375. The lowest BCUT2D eigenvalue weighted by Crippen LogP contribution is -2.36. The summed E-state index contributed by atoms with van der Waals surface area (Å²) in [6, 6.07) is 5.44. The minimum atomic E-state index is -0.887. The van der Waals surface area contributed by atoms with Crippen LogP contribution in [0.2, 0.25) is 0 Å². The van der Waals surface area contributed by atoms with Crippen molar-refractivity contribution in [3.05, 3.63) is 36.0 Å². The van der Waals surface area contributed by atoms with Gasteiger partial charge in [0.05, 0.1) is 0 Å². The molecule has 8 nitrogen and oxygen atoms in total. The highest BCUT2D eigenvalue weighted by atomic mass is 19.1. The molecule has 1 aromatic carbocycles. The summed E-state index contributed by atoms with van der Waals surface area (Å²) in [6.07, 6.45) is 1.51. The van der Waals surface area contributed by atoms with Crippen LogP contribution >= 0.6 is 0 Å². The topological polar surface area (TPSA) is 117 Å². The van der Waals surface area contributed by atoms with Crippen LogP contribution in [0.1, 0.15) is 25.2 Å². The SMILES string of the molecule is O=C(O)CCCNC(=O)NCCCc1nc(-c2ccc(F)cc2)no1. The second-order valence-electron chi connectivity index (χ2n) is 5.30. The molecule has 0 atom stereocenters. The predicted molar refractivity (Wildman–Crippen MR) is 86.3 cm³/mol. The third kappa shape index (κ3) is 6.58. The number of carboxylic acids is 1. The lowest BCUT2D eigenvalue weighted by molar-refractivity contribution is -0.137. The summed E-state index contributed by atoms with van der Waals surface area (Å²) >= 11 is 0. The fourth-order valence-corrected chi connectivity index (χ4v) is 2.02. The zero-order chi connectivity index (χ0) is 18.1. The van der Waals surface area contributed by atoms with Crippen molar-refractivity contribution in [1.82, 2.24) is 20.8 Å². The molecule has 25 heavy (non-hydrogen) atoms. The number of aryl methyl sites for hydroxylation is 1. The van der Waals surface area contributed by atoms with Crippen LogP contribution in [0.15, 0.2) is 28.8 Å². The number of benzene rings is 1. The summed E-state index contributed by atoms with van der Waals surface area (Å²) in [7, 11) is 0. The van der Waals surface area contributed by atoms with Crippen LogP contribution in [-0.4, -0.2) is 40.3 Å². The lowest BCUT2D eigenvalue weighted by atomic mass is 10.2. The third-order valence-corrected chi connectivity index (χ3v) is 3.28. The highest BCUT2D eigenvalue weighted by Crippen LogP contribution is 2.16. The Kier molecular flexibility index (Phi) is 6.87. The summed E-state index contributed by atoms with van der Waals surface area (Å²) < 4.78 is 18.0. The second-order valence-corrected chi connectivity index (χ2v) is 5.30. The van der Waals surface area contributed by atoms with Gasteiger partial charge in [0.15, 0.2) is 0 Å². The van der Waals surface area contributed by atoms with E-state index in [9.17, 15) is 14.0 Å². The number of amides is 2. The molecule has 0 radical (unpaired) electrons. The first-order valence-electron chi connectivity index (χ1n) is 7.86. The molecule has 0 aliphatic carbocycles. The van der Waals surface area contributed by atoms with Gasteiger partial charge in [-0.3, -0.25) is 4.79 Å². The molecule has 1 aromatic heterocycles. The van der Waals surface area contributed by atoms with Gasteiger partial charge in [-0.25, -0.2) is 9.18 Å². The van der Waals surface area contributed by atoms with E-state index in [0.717, 1.165) is 0 Å². The number of rotatable bonds is 9. The zero-order valence-corrected chi connectivity index (χ0v) is 13.5. The summed E-state index contributed by atoms with van der Waals surface area (Å²) in [5.74, 6) is -0.399. The van der Waals surface area contributed by atoms with E-state index < -0.39 is 5.97 Å². The molecule has 2 rings (SSSR count). The van der Waals surface area contributed by atoms with Gasteiger partial charge in [0, 0.05) is 31.5 Å². The molecule has 1 heterocycles. The number of hydrogen-bond acceptors (Lipinski definition) is 5. The number of urea groups is 1. The molecular formula is C16H19FN4O4. The Balaban J connectivity index is 1.64. The molecule has 0 saturated heterocycles. The van der Waals surface area contributed by atoms with Gasteiger partial charge in [-0.1, -0.05) is 5.16 Å². The van der Waals surface area contributed by atoms with Gasteiger partial charge >= 0.3 is 12.0 Å². The Morgan fingerprint density at radius 1 is 1.12 bits per heavy atom. The van der Waals surface area contributed by atoms with Crippen LogP contribution in [0, 0.1) is 5.82 Å². The standard InChI is InChI=1S/C16H19FN4O4/c17-12-7-5-11(6-8-12)15-20-13(25-21-15)3-1-9-18-16(24)19-10-2-4-14(22)23/h5-8H,1-4,9-10H2,(H,22,23)(H2,18,19,24). The van der Waals surface area contributed by atoms with Crippen molar-refractivity contribution in [1.29, 1.82) is 0 Å². The maximum absolute atomic E-state index is 12.9. The second kappa shape index (κ2) is 9.36. The van der Waals surface area contributed by atoms with E-state index in [1.165, 1.54) is 12.1 Å². The Morgan fingerprint density at radius 3 is 2.48 bits per heavy atom. The van der Waals surface area contributed by atoms with Crippen LogP contribution in [0.3, 0.4) is 0 Å². The Hall–Kier alpha value is -2.97. The van der Waals surface area contributed by atoms with E-state index >= 15 is 0 Å². The van der Waals surface area contributed by atoms with Gasteiger partial charge in [0.1, 0.15) is 5.82 Å². The number of hydrogen-bond donors (Lipinski definition) is 3. The maximum atomic E-state index is 12.9. The summed E-state index contributed by atoms with van der Waals surface area (Å²) in [4.78, 5) is 26.0. The molecular weight excluding hydrogens is 331 g/mol. The van der Waals surface area contributed by atoms with Gasteiger partial charge in [-0.2, -0.15) is 4.98 Å². The third-order valence-electron chi connectivity index (χ3n) is 3.28. The fourth-order valence-electron chi connectivity index (χ4n) is 2.02. The number of carbonyl (C=O) groups excluding carboxylic acids is 1. The minimum absolute atomic E-state index is 0.0217. The molecule has 0 saturated carbocycles. The number of aliphatic carboxylic acids is 1. The van der Waals surface area contributed by atoms with Crippen LogP contribution in [-0.2, 0) is 11.2 Å². The van der Waals surface area contributed by atoms with Crippen LogP contribution < -0.4 is 10.6 Å². The van der Waals surface area contributed by atoms with E-state index in [4.69, 9.17) is 9.63 Å². The van der Waals surface area contributed by atoms with E-state index in [1.54, 1.807) is 12.1 Å². The number of carbonyl (C=O) groups is 2. The van der Waals surface area contributed by atoms with Crippen molar-refractivity contribution in [2.45, 2.75) is 25.7 Å². The summed E-state index contributed by atoms with van der Waals surface area (Å²) in [5.41, 5.74) is 0.662. The molecule has 9 heteroatoms. The maximum Gasteiger partial charge on any atom is 0.314 e. The minimum Gasteiger partial charge on any atom is -0.481 e. The first kappa shape index (κ1) is 18.4. The smallest absolute Gasteiger partial charge is 0.314 e. The molecule has 3 N–H and O–H groups in total. The normalized spacial score (nSPS) is 10.4. The van der Waals surface area contributed by atoms with Gasteiger partial charge in [-0.15, -0.1) is 0 Å². The zero-order valence-electron chi connectivity index (χ0n) is 13.5. The van der Waals surface area contributed by atoms with Crippen molar-refractivity contribution in [2.24, 2.45) is 0 Å². The number of halogens is 1. The largest absolute Gasteiger partial charge is 0.481 e. The van der Waals surface area contributed by atoms with Gasteiger partial charge in [0.25, 0.3) is 0 Å². The predicted octanol–water partition coefficient (Wildman–Crippen LogP) is 1.97. The molecule has 2 amide bonds. The van der Waals surface area contributed by atoms with Gasteiger partial charge in [-0.05, 0) is 37.1 Å². The van der Waals surface area contributed by atoms with Crippen molar-refractivity contribution < 1.29 is 23.6 Å². The molecule has 0 aliphatic heterocycles. The van der Waals surface area contributed by atoms with Gasteiger partial charge < -0.3 is 20.3 Å². The molecule has 0 unspecified atom stereocenters. The van der Waals surface area contributed by atoms with E-state index in [2.05, 4.69) is 20.8 Å². The van der Waals surface area contributed by atoms with Crippen molar-refractivity contribution in [3.8, 4) is 11.4 Å². The van der Waals surface area contributed by atoms with E-state index in [-0.39, 0.29) is 18.3 Å². The van der Waals surface area contributed by atoms with Crippen molar-refractivity contribution in [2.75, 3.05) is 13.1 Å². The van der Waals surface area contributed by atoms with Gasteiger partial charge in [0.2, 0.25) is 11.7 Å². The lowest BCUT2D eigenvalue weighted by Gasteiger charge is -2.05. The van der Waals surface area contributed by atoms with E-state index in [1.807, 2.05) is 0 Å². The number of aromatic nitrogens is 2. The van der Waals surface area contributed by atoms with Crippen LogP contribution in [0.4, 0.5) is 9.18 Å². The van der Waals surface area contributed by atoms with Crippen LogP contribution in [0.5, 0.6) is 0 Å². The number of carboxylic acid groups (broad SMARTS) is 1. The molecule has 0 spiro atoms. The summed E-state index contributed by atoms with van der Waals surface area (Å²) in [5, 5.41) is 17.5. The quantitative estimate of drug-likeness (QED) is 0.595. The monoisotopic (exact) mass is 350 g/mol. The summed E-state index contributed by atoms with van der Waals surface area (Å²) in [6.45, 7) is 0.724. The molecule has 0 fully saturated rings. The van der Waals surface area contributed by atoms with Crippen molar-refractivity contribution >= 4 is 12.0 Å². The Bertz CT molecular complexity index is 702. The molecule has 0 bridgehead atoms. The first-order chi connectivity index (χ1) is 12.0. The average Bonchev–Trinajstić information content (AvgIpc) is 3.05. The number of nitrogens with one attached hydrogen (secondary N) is 2. The van der Waals surface area contributed by atoms with Crippen LogP contribution in [0.25, 0.3) is 11.4 Å². The molecule has 0 aliphatic rings. The molecule has 2 aromatic rings. The highest BCUT2D eigenvalue weighted by Gasteiger charge is 2.09. The van der Waals surface area contributed by atoms with Crippen molar-refractivity contribution in [3.63, 3.8) is 0 Å². The number of nitrogens with zero attached hydrogens (tertiary/aromatic N) is 2. The highest BCUT2D eigenvalue weighted by molar-refractivity contribution is 5.73. The Labute approximate surface area is 143 Å².